The average Bonchev–Trinajstić information content (AvgIpc) is 2.38. The minimum Gasteiger partial charge on any atom is -0.469 e. The van der Waals surface area contributed by atoms with Gasteiger partial charge in [0.2, 0.25) is 0 Å². The summed E-state index contributed by atoms with van der Waals surface area (Å²) in [6.45, 7) is 1.18. The van der Waals surface area contributed by atoms with E-state index >= 15 is 0 Å². The molecule has 5 nitrogen and oxygen atoms in total. The van der Waals surface area contributed by atoms with Crippen LogP contribution in [0.2, 0.25) is 0 Å². The summed E-state index contributed by atoms with van der Waals surface area (Å²) in [6.07, 6.45) is 0.770. The minimum atomic E-state index is -0.246. The molecule has 96 valence electrons. The summed E-state index contributed by atoms with van der Waals surface area (Å²) in [4.78, 5) is 25.0. The maximum atomic E-state index is 11.8. The Kier molecular flexibility index (Phi) is 3.50. The van der Waals surface area contributed by atoms with Crippen LogP contribution in [-0.4, -0.2) is 32.0 Å². The molecular formula is C13H16N2O3. The van der Waals surface area contributed by atoms with Crippen molar-refractivity contribution in [2.75, 3.05) is 30.8 Å². The van der Waals surface area contributed by atoms with Crippen LogP contribution in [0.3, 0.4) is 0 Å². The molecule has 0 aromatic heterocycles. The third-order valence-electron chi connectivity index (χ3n) is 3.08. The molecule has 0 fully saturated rings. The summed E-state index contributed by atoms with van der Waals surface area (Å²) in [5.41, 5.74) is 7.76. The van der Waals surface area contributed by atoms with Gasteiger partial charge in [-0.05, 0) is 18.2 Å². The van der Waals surface area contributed by atoms with Crippen LogP contribution in [0, 0.1) is 0 Å². The molecule has 1 aromatic carbocycles. The van der Waals surface area contributed by atoms with E-state index in [1.807, 2.05) is 11.0 Å². The van der Waals surface area contributed by atoms with Gasteiger partial charge in [0.05, 0.1) is 13.5 Å². The molecule has 0 amide bonds. The van der Waals surface area contributed by atoms with Crippen molar-refractivity contribution in [3.8, 4) is 0 Å². The monoisotopic (exact) mass is 248 g/mol. The molecule has 5 heteroatoms. The molecule has 0 atom stereocenters. The molecule has 2 N–H and O–H groups in total. The first kappa shape index (κ1) is 12.4. The maximum Gasteiger partial charge on any atom is 0.307 e. The van der Waals surface area contributed by atoms with Crippen molar-refractivity contribution < 1.29 is 14.3 Å². The second-order valence-electron chi connectivity index (χ2n) is 4.26. The van der Waals surface area contributed by atoms with Crippen molar-refractivity contribution in [1.82, 2.24) is 0 Å². The van der Waals surface area contributed by atoms with E-state index < -0.39 is 0 Å². The quantitative estimate of drug-likeness (QED) is 0.643. The van der Waals surface area contributed by atoms with E-state index in [0.29, 0.717) is 37.2 Å². The number of nitrogens with two attached hydrogens (primary N) is 1. The zero-order valence-electron chi connectivity index (χ0n) is 10.3. The molecule has 0 saturated heterocycles. The number of methoxy groups -OCH3 is 1. The smallest absolute Gasteiger partial charge is 0.307 e. The zero-order chi connectivity index (χ0) is 13.1. The maximum absolute atomic E-state index is 11.8. The summed E-state index contributed by atoms with van der Waals surface area (Å²) in [6, 6.07) is 5.30. The SMILES string of the molecule is COC(=O)CCN1CCC(=O)c2cc(N)ccc21. The van der Waals surface area contributed by atoms with Gasteiger partial charge in [-0.3, -0.25) is 9.59 Å². The average molecular weight is 248 g/mol. The fourth-order valence-electron chi connectivity index (χ4n) is 2.10. The predicted octanol–water partition coefficient (Wildman–Crippen LogP) is 1.22. The van der Waals surface area contributed by atoms with Crippen molar-refractivity contribution in [2.24, 2.45) is 0 Å². The van der Waals surface area contributed by atoms with Crippen molar-refractivity contribution in [3.05, 3.63) is 23.8 Å². The summed E-state index contributed by atoms with van der Waals surface area (Å²) in [7, 11) is 1.37. The molecular weight excluding hydrogens is 232 g/mol. The van der Waals surface area contributed by atoms with Crippen molar-refractivity contribution in [1.29, 1.82) is 0 Å². The molecule has 1 aliphatic rings. The van der Waals surface area contributed by atoms with Crippen LogP contribution in [-0.2, 0) is 9.53 Å². The van der Waals surface area contributed by atoms with Gasteiger partial charge in [-0.15, -0.1) is 0 Å². The largest absolute Gasteiger partial charge is 0.469 e. The lowest BCUT2D eigenvalue weighted by atomic mass is 9.99. The number of nitrogen functional groups attached to an aromatic ring is 1. The lowest BCUT2D eigenvalue weighted by Crippen LogP contribution is -2.34. The molecule has 18 heavy (non-hydrogen) atoms. The van der Waals surface area contributed by atoms with E-state index in [9.17, 15) is 9.59 Å². The third kappa shape index (κ3) is 2.45. The van der Waals surface area contributed by atoms with Crippen molar-refractivity contribution >= 4 is 23.1 Å². The van der Waals surface area contributed by atoms with Gasteiger partial charge in [-0.2, -0.15) is 0 Å². The Bertz CT molecular complexity index is 485. The van der Waals surface area contributed by atoms with E-state index in [0.717, 1.165) is 5.69 Å². The molecule has 0 saturated carbocycles. The number of benzene rings is 1. The molecule has 2 rings (SSSR count). The highest BCUT2D eigenvalue weighted by molar-refractivity contribution is 6.04. The van der Waals surface area contributed by atoms with Crippen LogP contribution in [0.1, 0.15) is 23.2 Å². The molecule has 1 aliphatic heterocycles. The minimum absolute atomic E-state index is 0.103. The number of ketones is 1. The highest BCUT2D eigenvalue weighted by Crippen LogP contribution is 2.28. The number of carbonyl (C=O) groups is 2. The number of fused-ring (bicyclic) bond motifs is 1. The number of hydrogen-bond acceptors (Lipinski definition) is 5. The third-order valence-corrected chi connectivity index (χ3v) is 3.08. The molecule has 0 spiro atoms. The van der Waals surface area contributed by atoms with Gasteiger partial charge < -0.3 is 15.4 Å². The fraction of sp³-hybridized carbons (Fsp3) is 0.385. The first-order chi connectivity index (χ1) is 8.61. The summed E-state index contributed by atoms with van der Waals surface area (Å²) < 4.78 is 4.62. The number of nitrogens with zero attached hydrogens (tertiary/aromatic N) is 1. The Morgan fingerprint density at radius 3 is 3.00 bits per heavy atom. The molecule has 0 bridgehead atoms. The van der Waals surface area contributed by atoms with E-state index in [-0.39, 0.29) is 11.8 Å². The Labute approximate surface area is 106 Å². The Morgan fingerprint density at radius 2 is 2.28 bits per heavy atom. The first-order valence-corrected chi connectivity index (χ1v) is 5.86. The van der Waals surface area contributed by atoms with E-state index in [1.54, 1.807) is 12.1 Å². The fourth-order valence-corrected chi connectivity index (χ4v) is 2.10. The zero-order valence-corrected chi connectivity index (χ0v) is 10.3. The standard InChI is InChI=1S/C13H16N2O3/c1-18-13(17)5-7-15-6-4-12(16)10-8-9(14)2-3-11(10)15/h2-3,8H,4-7,14H2,1H3. The molecule has 0 radical (unpaired) electrons. The Morgan fingerprint density at radius 1 is 1.50 bits per heavy atom. The second-order valence-corrected chi connectivity index (χ2v) is 4.26. The first-order valence-electron chi connectivity index (χ1n) is 5.86. The summed E-state index contributed by atoms with van der Waals surface area (Å²) in [5.74, 6) is -0.143. The van der Waals surface area contributed by atoms with Crippen LogP contribution < -0.4 is 10.6 Å². The molecule has 1 heterocycles. The van der Waals surface area contributed by atoms with Gasteiger partial charge in [-0.25, -0.2) is 0 Å². The van der Waals surface area contributed by atoms with Gasteiger partial charge in [0.25, 0.3) is 0 Å². The summed E-state index contributed by atoms with van der Waals surface area (Å²) in [5, 5.41) is 0. The number of anilines is 2. The predicted molar refractivity (Wildman–Crippen MR) is 68.6 cm³/mol. The topological polar surface area (TPSA) is 72.6 Å². The Balaban J connectivity index is 2.18. The van der Waals surface area contributed by atoms with Gasteiger partial charge in [0.15, 0.2) is 5.78 Å². The number of carbonyl (C=O) groups excluding carboxylic acids is 2. The van der Waals surface area contributed by atoms with E-state index in [2.05, 4.69) is 4.74 Å². The van der Waals surface area contributed by atoms with Gasteiger partial charge >= 0.3 is 5.97 Å². The van der Waals surface area contributed by atoms with Crippen molar-refractivity contribution in [3.63, 3.8) is 0 Å². The lowest BCUT2D eigenvalue weighted by molar-refractivity contribution is -0.140. The normalized spacial score (nSPS) is 14.3. The van der Waals surface area contributed by atoms with Crippen LogP contribution in [0.5, 0.6) is 0 Å². The molecule has 1 aromatic rings. The van der Waals surface area contributed by atoms with E-state index in [4.69, 9.17) is 5.73 Å². The number of rotatable bonds is 3. The molecule has 0 unspecified atom stereocenters. The highest BCUT2D eigenvalue weighted by atomic mass is 16.5. The van der Waals surface area contributed by atoms with Crippen molar-refractivity contribution in [2.45, 2.75) is 12.8 Å². The van der Waals surface area contributed by atoms with Crippen LogP contribution in [0.25, 0.3) is 0 Å². The second kappa shape index (κ2) is 5.08. The molecule has 0 aliphatic carbocycles. The Hall–Kier alpha value is -2.04. The van der Waals surface area contributed by atoms with E-state index in [1.165, 1.54) is 7.11 Å². The number of Topliss-reactive ketones (excluding diaryl/α,β-unsaturated/α-hetero) is 1. The van der Waals surface area contributed by atoms with Gasteiger partial charge in [-0.1, -0.05) is 0 Å². The van der Waals surface area contributed by atoms with Crippen LogP contribution in [0.4, 0.5) is 11.4 Å². The van der Waals surface area contributed by atoms with Crippen LogP contribution >= 0.6 is 0 Å². The van der Waals surface area contributed by atoms with Gasteiger partial charge in [0, 0.05) is 36.4 Å². The number of ether oxygens (including phenoxy) is 1. The van der Waals surface area contributed by atoms with Crippen LogP contribution in [0.15, 0.2) is 18.2 Å². The summed E-state index contributed by atoms with van der Waals surface area (Å²) >= 11 is 0. The highest BCUT2D eigenvalue weighted by Gasteiger charge is 2.23. The number of hydrogen-bond donors (Lipinski definition) is 1. The number of esters is 1. The van der Waals surface area contributed by atoms with Gasteiger partial charge in [0.1, 0.15) is 0 Å². The lowest BCUT2D eigenvalue weighted by Gasteiger charge is -2.30.